The van der Waals surface area contributed by atoms with Gasteiger partial charge in [-0.25, -0.2) is 9.18 Å². The van der Waals surface area contributed by atoms with Gasteiger partial charge in [0, 0.05) is 6.54 Å². The van der Waals surface area contributed by atoms with E-state index in [1.807, 2.05) is 0 Å². The molecule has 1 aliphatic heterocycles. The van der Waals surface area contributed by atoms with Crippen molar-refractivity contribution < 1.29 is 13.9 Å². The number of ether oxygens (including phenoxy) is 1. The fourth-order valence-corrected chi connectivity index (χ4v) is 1.43. The molecule has 4 nitrogen and oxygen atoms in total. The zero-order chi connectivity index (χ0) is 11.5. The molecule has 1 fully saturated rings. The molecule has 0 spiro atoms. The molecule has 88 valence electrons. The molecule has 2 atom stereocenters. The van der Waals surface area contributed by atoms with Crippen molar-refractivity contribution in [3.63, 3.8) is 0 Å². The number of rotatable bonds is 1. The Morgan fingerprint density at radius 1 is 1.53 bits per heavy atom. The number of alkyl halides is 1. The number of alkyl carbamates (subject to hydrolysis) is 1. The van der Waals surface area contributed by atoms with Crippen LogP contribution in [-0.2, 0) is 4.74 Å². The average Bonchev–Trinajstić information content (AvgIpc) is 2.05. The van der Waals surface area contributed by atoms with E-state index >= 15 is 0 Å². The molecule has 0 aromatic heterocycles. The molecule has 1 rings (SSSR count). The number of piperidine rings is 1. The third kappa shape index (κ3) is 4.46. The van der Waals surface area contributed by atoms with E-state index in [0.717, 1.165) is 0 Å². The Morgan fingerprint density at radius 3 is 2.73 bits per heavy atom. The van der Waals surface area contributed by atoms with Crippen LogP contribution in [0.25, 0.3) is 0 Å². The van der Waals surface area contributed by atoms with Gasteiger partial charge >= 0.3 is 6.09 Å². The quantitative estimate of drug-likeness (QED) is 0.695. The number of carbonyl (C=O) groups excluding carboxylic acids is 1. The number of nitrogens with one attached hydrogen (secondary N) is 2. The lowest BCUT2D eigenvalue weighted by atomic mass is 10.1. The van der Waals surface area contributed by atoms with Gasteiger partial charge < -0.3 is 15.4 Å². The Bertz CT molecular complexity index is 228. The lowest BCUT2D eigenvalue weighted by Gasteiger charge is -2.28. The van der Waals surface area contributed by atoms with Crippen molar-refractivity contribution in [2.45, 2.75) is 45.0 Å². The van der Waals surface area contributed by atoms with Crippen LogP contribution in [0.5, 0.6) is 0 Å². The number of amides is 1. The van der Waals surface area contributed by atoms with E-state index in [1.54, 1.807) is 20.8 Å². The van der Waals surface area contributed by atoms with Crippen molar-refractivity contribution in [2.24, 2.45) is 0 Å². The summed E-state index contributed by atoms with van der Waals surface area (Å²) in [6.07, 6.45) is -1.11. The minimum absolute atomic E-state index is 0.431. The van der Waals surface area contributed by atoms with E-state index in [1.165, 1.54) is 0 Å². The molecule has 2 N–H and O–H groups in total. The Balaban J connectivity index is 2.36. The zero-order valence-corrected chi connectivity index (χ0v) is 9.47. The third-order valence-electron chi connectivity index (χ3n) is 2.10. The van der Waals surface area contributed by atoms with Crippen molar-refractivity contribution in [3.05, 3.63) is 0 Å². The standard InChI is InChI=1S/C10H19FN2O2/c1-10(2,3)15-9(14)13-8-6-12-5-4-7(8)11/h7-8,12H,4-6H2,1-3H3,(H,13,14)/t7-,8?/m0/s1. The van der Waals surface area contributed by atoms with Crippen LogP contribution in [-0.4, -0.2) is 37.0 Å². The summed E-state index contributed by atoms with van der Waals surface area (Å²) in [6.45, 7) is 6.45. The fourth-order valence-electron chi connectivity index (χ4n) is 1.43. The maximum atomic E-state index is 13.3. The van der Waals surface area contributed by atoms with Gasteiger partial charge in [-0.2, -0.15) is 0 Å². The summed E-state index contributed by atoms with van der Waals surface area (Å²) in [5.74, 6) is 0. The van der Waals surface area contributed by atoms with Crippen LogP contribution in [0, 0.1) is 0 Å². The molecule has 0 saturated carbocycles. The minimum atomic E-state index is -0.987. The van der Waals surface area contributed by atoms with Gasteiger partial charge in [-0.3, -0.25) is 0 Å². The first-order chi connectivity index (χ1) is 6.88. The molecule has 0 aromatic carbocycles. The smallest absolute Gasteiger partial charge is 0.408 e. The van der Waals surface area contributed by atoms with E-state index in [4.69, 9.17) is 4.74 Å². The second-order valence-electron chi connectivity index (χ2n) is 4.76. The monoisotopic (exact) mass is 218 g/mol. The Labute approximate surface area is 89.6 Å². The lowest BCUT2D eigenvalue weighted by molar-refractivity contribution is 0.0459. The Hall–Kier alpha value is -0.840. The lowest BCUT2D eigenvalue weighted by Crippen LogP contribution is -2.53. The first kappa shape index (κ1) is 12.2. The molecule has 1 amide bonds. The highest BCUT2D eigenvalue weighted by atomic mass is 19.1. The van der Waals surface area contributed by atoms with Crippen molar-refractivity contribution in [1.29, 1.82) is 0 Å². The highest BCUT2D eigenvalue weighted by Crippen LogP contribution is 2.10. The van der Waals surface area contributed by atoms with Gasteiger partial charge in [0.2, 0.25) is 0 Å². The van der Waals surface area contributed by atoms with Gasteiger partial charge in [0.05, 0.1) is 6.04 Å². The summed E-state index contributed by atoms with van der Waals surface area (Å²) < 4.78 is 18.4. The summed E-state index contributed by atoms with van der Waals surface area (Å²) in [5.41, 5.74) is -0.544. The molecule has 1 heterocycles. The van der Waals surface area contributed by atoms with Crippen molar-refractivity contribution in [1.82, 2.24) is 10.6 Å². The summed E-state index contributed by atoms with van der Waals surface area (Å²) in [5, 5.41) is 5.55. The summed E-state index contributed by atoms with van der Waals surface area (Å²) in [6, 6.07) is -0.478. The Kier molecular flexibility index (Phi) is 3.90. The molecule has 0 radical (unpaired) electrons. The van der Waals surface area contributed by atoms with Crippen molar-refractivity contribution in [3.8, 4) is 0 Å². The van der Waals surface area contributed by atoms with Crippen LogP contribution in [0.4, 0.5) is 9.18 Å². The van der Waals surface area contributed by atoms with Gasteiger partial charge in [-0.05, 0) is 33.7 Å². The summed E-state index contributed by atoms with van der Waals surface area (Å²) >= 11 is 0. The molecule has 5 heteroatoms. The van der Waals surface area contributed by atoms with Crippen LogP contribution in [0.1, 0.15) is 27.2 Å². The number of carbonyl (C=O) groups is 1. The second-order valence-corrected chi connectivity index (χ2v) is 4.76. The SMILES string of the molecule is CC(C)(C)OC(=O)NC1CNCC[C@@H]1F. The first-order valence-electron chi connectivity index (χ1n) is 5.23. The molecule has 0 aromatic rings. The highest BCUT2D eigenvalue weighted by molar-refractivity contribution is 5.68. The summed E-state index contributed by atoms with van der Waals surface area (Å²) in [4.78, 5) is 11.3. The maximum Gasteiger partial charge on any atom is 0.408 e. The van der Waals surface area contributed by atoms with Crippen molar-refractivity contribution in [2.75, 3.05) is 13.1 Å². The van der Waals surface area contributed by atoms with E-state index < -0.39 is 23.9 Å². The molecule has 1 saturated heterocycles. The van der Waals surface area contributed by atoms with Crippen LogP contribution < -0.4 is 10.6 Å². The third-order valence-corrected chi connectivity index (χ3v) is 2.10. The maximum absolute atomic E-state index is 13.3. The van der Waals surface area contributed by atoms with Crippen LogP contribution in [0.3, 0.4) is 0 Å². The van der Waals surface area contributed by atoms with Crippen molar-refractivity contribution >= 4 is 6.09 Å². The van der Waals surface area contributed by atoms with E-state index in [2.05, 4.69) is 10.6 Å². The number of hydrogen-bond donors (Lipinski definition) is 2. The predicted octanol–water partition coefficient (Wildman–Crippen LogP) is 1.21. The van der Waals surface area contributed by atoms with Crippen LogP contribution in [0.2, 0.25) is 0 Å². The minimum Gasteiger partial charge on any atom is -0.444 e. The Morgan fingerprint density at radius 2 is 2.20 bits per heavy atom. The molecule has 1 aliphatic rings. The van der Waals surface area contributed by atoms with Gasteiger partial charge in [-0.1, -0.05) is 0 Å². The fraction of sp³-hybridized carbons (Fsp3) is 0.900. The second kappa shape index (κ2) is 4.79. The molecule has 0 aliphatic carbocycles. The topological polar surface area (TPSA) is 50.4 Å². The van der Waals surface area contributed by atoms with Gasteiger partial charge in [0.1, 0.15) is 11.8 Å². The van der Waals surface area contributed by atoms with Gasteiger partial charge in [0.25, 0.3) is 0 Å². The summed E-state index contributed by atoms with van der Waals surface area (Å²) in [7, 11) is 0. The van der Waals surface area contributed by atoms with E-state index in [9.17, 15) is 9.18 Å². The average molecular weight is 218 g/mol. The van der Waals surface area contributed by atoms with E-state index in [-0.39, 0.29) is 0 Å². The largest absolute Gasteiger partial charge is 0.444 e. The molecular weight excluding hydrogens is 199 g/mol. The van der Waals surface area contributed by atoms with Gasteiger partial charge in [-0.15, -0.1) is 0 Å². The molecular formula is C10H19FN2O2. The normalized spacial score (nSPS) is 27.2. The highest BCUT2D eigenvalue weighted by Gasteiger charge is 2.27. The predicted molar refractivity (Wildman–Crippen MR) is 55.5 cm³/mol. The first-order valence-corrected chi connectivity index (χ1v) is 5.23. The van der Waals surface area contributed by atoms with Crippen LogP contribution in [0.15, 0.2) is 0 Å². The van der Waals surface area contributed by atoms with Crippen LogP contribution >= 0.6 is 0 Å². The van der Waals surface area contributed by atoms with Gasteiger partial charge in [0.15, 0.2) is 0 Å². The molecule has 1 unspecified atom stereocenters. The molecule has 0 bridgehead atoms. The number of halogens is 1. The molecule has 15 heavy (non-hydrogen) atoms. The zero-order valence-electron chi connectivity index (χ0n) is 9.47. The van der Waals surface area contributed by atoms with E-state index in [0.29, 0.717) is 19.5 Å². The number of hydrogen-bond acceptors (Lipinski definition) is 3.